The van der Waals surface area contributed by atoms with Crippen LogP contribution in [0.4, 0.5) is 17.2 Å². The number of hydrogen-bond acceptors (Lipinski definition) is 7. The summed E-state index contributed by atoms with van der Waals surface area (Å²) in [4.78, 5) is 42.5. The number of carbonyl (C=O) groups excluding carboxylic acids is 2. The van der Waals surface area contributed by atoms with E-state index >= 15 is 0 Å². The molecule has 1 amide bonds. The average molecular weight is 619 g/mol. The van der Waals surface area contributed by atoms with Crippen molar-refractivity contribution < 1.29 is 19.4 Å². The van der Waals surface area contributed by atoms with Gasteiger partial charge in [0.2, 0.25) is 0 Å². The predicted molar refractivity (Wildman–Crippen MR) is 178 cm³/mol. The number of fused-ring (bicyclic) bond motifs is 1. The van der Waals surface area contributed by atoms with E-state index in [4.69, 9.17) is 4.74 Å². The Morgan fingerprint density at radius 1 is 1.00 bits per heavy atom. The molecule has 2 fully saturated rings. The molecule has 0 spiro atoms. The number of nitrogens with one attached hydrogen (secondary N) is 1. The van der Waals surface area contributed by atoms with Crippen molar-refractivity contribution in [3.8, 4) is 11.1 Å². The van der Waals surface area contributed by atoms with Crippen LogP contribution in [0.2, 0.25) is 0 Å². The lowest BCUT2D eigenvalue weighted by Crippen LogP contribution is -2.40. The second-order valence-electron chi connectivity index (χ2n) is 12.4. The molecule has 1 aromatic heterocycles. The lowest BCUT2D eigenvalue weighted by molar-refractivity contribution is -0.109. The molecule has 0 radical (unpaired) electrons. The highest BCUT2D eigenvalue weighted by Gasteiger charge is 2.31. The van der Waals surface area contributed by atoms with Crippen LogP contribution in [0.15, 0.2) is 77.6 Å². The summed E-state index contributed by atoms with van der Waals surface area (Å²) in [5, 5.41) is 14.0. The van der Waals surface area contributed by atoms with Crippen molar-refractivity contribution in [1.29, 1.82) is 0 Å². The van der Waals surface area contributed by atoms with E-state index in [1.54, 1.807) is 30.1 Å². The first-order chi connectivity index (χ1) is 22.4. The number of pyridine rings is 1. The number of rotatable bonds is 8. The molecule has 236 valence electrons. The molecule has 9 nitrogen and oxygen atoms in total. The first-order valence-electron chi connectivity index (χ1n) is 16.0. The van der Waals surface area contributed by atoms with Gasteiger partial charge >= 0.3 is 0 Å². The number of amides is 1. The summed E-state index contributed by atoms with van der Waals surface area (Å²) in [6, 6.07) is 22.5. The van der Waals surface area contributed by atoms with E-state index in [0.717, 1.165) is 35.2 Å². The van der Waals surface area contributed by atoms with Crippen LogP contribution in [0.25, 0.3) is 11.1 Å². The van der Waals surface area contributed by atoms with Crippen molar-refractivity contribution in [2.45, 2.75) is 37.8 Å². The number of aliphatic hydroxyl groups is 1. The van der Waals surface area contributed by atoms with Gasteiger partial charge in [0.25, 0.3) is 11.5 Å². The second-order valence-corrected chi connectivity index (χ2v) is 12.4. The largest absolute Gasteiger partial charge is 0.392 e. The molecule has 1 saturated heterocycles. The average Bonchev–Trinajstić information content (AvgIpc) is 3.95. The Labute approximate surface area is 268 Å². The number of morpholine rings is 1. The fourth-order valence-corrected chi connectivity index (χ4v) is 6.75. The molecule has 2 aliphatic heterocycles. The maximum absolute atomic E-state index is 13.2. The molecule has 46 heavy (non-hydrogen) atoms. The monoisotopic (exact) mass is 618 g/mol. The molecule has 1 saturated carbocycles. The van der Waals surface area contributed by atoms with Gasteiger partial charge in [0.15, 0.2) is 0 Å². The van der Waals surface area contributed by atoms with Crippen LogP contribution in [0, 0.1) is 0 Å². The van der Waals surface area contributed by atoms with Gasteiger partial charge in [0, 0.05) is 55.2 Å². The molecule has 0 bridgehead atoms. The summed E-state index contributed by atoms with van der Waals surface area (Å²) in [5.41, 5.74) is 7.54. The zero-order valence-corrected chi connectivity index (χ0v) is 25.9. The van der Waals surface area contributed by atoms with E-state index in [1.165, 1.54) is 28.5 Å². The summed E-state index contributed by atoms with van der Waals surface area (Å²) in [6.07, 6.45) is 4.27. The van der Waals surface area contributed by atoms with E-state index < -0.39 is 6.04 Å². The number of anilines is 3. The molecular weight excluding hydrogens is 580 g/mol. The van der Waals surface area contributed by atoms with Crippen molar-refractivity contribution in [3.05, 3.63) is 111 Å². The number of aliphatic hydroxyl groups excluding tert-OH is 1. The fraction of sp³-hybridized carbons (Fsp3) is 0.324. The number of hydrogen-bond donors (Lipinski definition) is 2. The van der Waals surface area contributed by atoms with Crippen LogP contribution in [-0.2, 0) is 29.6 Å². The van der Waals surface area contributed by atoms with Gasteiger partial charge in [-0.25, -0.2) is 0 Å². The van der Waals surface area contributed by atoms with Crippen molar-refractivity contribution in [3.63, 3.8) is 0 Å². The standard InChI is InChI=1S/C37H38N4O5/c1-39-35(38-29-10-7-25(8-11-29)37(45)40-15-17-46-18-16-40)20-28(21-36(39)44)30-3-2-4-33(32(30)22-42)41-14-13-27-19-26(24-5-6-24)9-12-31(27)34(41)23-43/h2-4,7-12,19-21,23-24,34,38,42H,5-6,13-18,22H2,1H3. The van der Waals surface area contributed by atoms with Gasteiger partial charge in [-0.2, -0.15) is 0 Å². The van der Waals surface area contributed by atoms with E-state index in [1.807, 2.05) is 36.4 Å². The predicted octanol–water partition coefficient (Wildman–Crippen LogP) is 4.94. The highest BCUT2D eigenvalue weighted by molar-refractivity contribution is 5.94. The highest BCUT2D eigenvalue weighted by Crippen LogP contribution is 2.43. The Kier molecular flexibility index (Phi) is 8.19. The molecule has 3 aliphatic rings. The molecular formula is C37H38N4O5. The van der Waals surface area contributed by atoms with E-state index in [9.17, 15) is 19.5 Å². The Morgan fingerprint density at radius 3 is 2.50 bits per heavy atom. The van der Waals surface area contributed by atoms with E-state index in [-0.39, 0.29) is 18.1 Å². The Bertz CT molecular complexity index is 1840. The van der Waals surface area contributed by atoms with Crippen LogP contribution in [0.3, 0.4) is 0 Å². The number of aldehydes is 1. The quantitative estimate of drug-likeness (QED) is 0.270. The highest BCUT2D eigenvalue weighted by atomic mass is 16.5. The van der Waals surface area contributed by atoms with Crippen LogP contribution in [-0.4, -0.2) is 59.6 Å². The van der Waals surface area contributed by atoms with Gasteiger partial charge in [0.1, 0.15) is 18.1 Å². The minimum absolute atomic E-state index is 0.0299. The lowest BCUT2D eigenvalue weighted by Gasteiger charge is -2.37. The summed E-state index contributed by atoms with van der Waals surface area (Å²) < 4.78 is 6.88. The van der Waals surface area contributed by atoms with Crippen molar-refractivity contribution in [2.75, 3.05) is 43.1 Å². The third kappa shape index (κ3) is 5.72. The number of ether oxygens (including phenoxy) is 1. The molecule has 2 N–H and O–H groups in total. The van der Waals surface area contributed by atoms with E-state index in [2.05, 4.69) is 28.4 Å². The van der Waals surface area contributed by atoms with Crippen molar-refractivity contribution in [2.24, 2.45) is 7.05 Å². The molecule has 7 rings (SSSR count). The number of nitrogens with zero attached hydrogens (tertiary/aromatic N) is 3. The molecule has 4 aromatic rings. The second kappa shape index (κ2) is 12.6. The minimum Gasteiger partial charge on any atom is -0.392 e. The maximum atomic E-state index is 13.2. The Morgan fingerprint density at radius 2 is 1.78 bits per heavy atom. The fourth-order valence-electron chi connectivity index (χ4n) is 6.75. The number of benzene rings is 3. The third-order valence-corrected chi connectivity index (χ3v) is 9.52. The van der Waals surface area contributed by atoms with Crippen LogP contribution in [0.1, 0.15) is 57.4 Å². The molecule has 1 unspecified atom stereocenters. The first-order valence-corrected chi connectivity index (χ1v) is 16.0. The van der Waals surface area contributed by atoms with Gasteiger partial charge in [0.05, 0.1) is 19.8 Å². The molecule has 3 aromatic carbocycles. The summed E-state index contributed by atoms with van der Waals surface area (Å²) in [5.74, 6) is 1.18. The molecule has 3 heterocycles. The topological polar surface area (TPSA) is 104 Å². The third-order valence-electron chi connectivity index (χ3n) is 9.52. The van der Waals surface area contributed by atoms with Gasteiger partial charge in [-0.05, 0) is 89.4 Å². The Balaban J connectivity index is 1.17. The normalized spacial score (nSPS) is 17.8. The lowest BCUT2D eigenvalue weighted by atomic mass is 9.89. The maximum Gasteiger partial charge on any atom is 0.254 e. The van der Waals surface area contributed by atoms with Gasteiger partial charge in [-0.15, -0.1) is 0 Å². The SMILES string of the molecule is Cn1c(Nc2ccc(C(=O)N3CCOCC3)cc2)cc(-c2cccc(N3CCc4cc(C5CC5)ccc4C3C=O)c2CO)cc1=O. The van der Waals surface area contributed by atoms with Crippen molar-refractivity contribution in [1.82, 2.24) is 9.47 Å². The zero-order valence-electron chi connectivity index (χ0n) is 25.9. The van der Waals surface area contributed by atoms with E-state index in [0.29, 0.717) is 61.3 Å². The smallest absolute Gasteiger partial charge is 0.254 e. The zero-order chi connectivity index (χ0) is 31.8. The first kappa shape index (κ1) is 30.0. The van der Waals surface area contributed by atoms with Crippen molar-refractivity contribution >= 4 is 29.4 Å². The number of carbonyl (C=O) groups is 2. The van der Waals surface area contributed by atoms with Gasteiger partial charge in [-0.3, -0.25) is 14.2 Å². The van der Waals surface area contributed by atoms with Gasteiger partial charge < -0.3 is 29.8 Å². The molecule has 1 atom stereocenters. The van der Waals surface area contributed by atoms with Gasteiger partial charge in [-0.1, -0.05) is 30.3 Å². The number of aromatic nitrogens is 1. The Hall–Kier alpha value is -4.73. The van der Waals surface area contributed by atoms with Crippen LogP contribution in [0.5, 0.6) is 0 Å². The minimum atomic E-state index is -0.462. The summed E-state index contributed by atoms with van der Waals surface area (Å²) in [6.45, 7) is 2.63. The summed E-state index contributed by atoms with van der Waals surface area (Å²) >= 11 is 0. The molecule has 1 aliphatic carbocycles. The van der Waals surface area contributed by atoms with Crippen LogP contribution < -0.4 is 15.8 Å². The summed E-state index contributed by atoms with van der Waals surface area (Å²) in [7, 11) is 1.70. The van der Waals surface area contributed by atoms with Crippen LogP contribution >= 0.6 is 0 Å². The molecule has 9 heteroatoms.